The van der Waals surface area contributed by atoms with Gasteiger partial charge in [-0.1, -0.05) is 13.0 Å². The van der Waals surface area contributed by atoms with Crippen molar-refractivity contribution in [1.29, 1.82) is 0 Å². The van der Waals surface area contributed by atoms with E-state index >= 15 is 0 Å². The largest absolute Gasteiger partial charge is 0.336 e. The maximum absolute atomic E-state index is 13.6. The second-order valence-electron chi connectivity index (χ2n) is 4.54. The normalized spacial score (nSPS) is 14.4. The maximum Gasteiger partial charge on any atom is 0.256 e. The van der Waals surface area contributed by atoms with Crippen LogP contribution in [0.4, 0.5) is 10.1 Å². The van der Waals surface area contributed by atoms with Gasteiger partial charge in [0.15, 0.2) is 0 Å². The van der Waals surface area contributed by atoms with Gasteiger partial charge in [0, 0.05) is 12.6 Å². The number of nitrogens with one attached hydrogen (secondary N) is 1. The molecule has 0 radical (unpaired) electrons. The third-order valence-electron chi connectivity index (χ3n) is 3.10. The molecule has 0 aliphatic heterocycles. The van der Waals surface area contributed by atoms with E-state index in [1.165, 1.54) is 12.1 Å². The highest BCUT2D eigenvalue weighted by Gasteiger charge is 2.33. The molecule has 1 aromatic rings. The van der Waals surface area contributed by atoms with Gasteiger partial charge in [-0.2, -0.15) is 0 Å². The summed E-state index contributed by atoms with van der Waals surface area (Å²) in [7, 11) is 0. The second kappa shape index (κ2) is 5.35. The molecule has 1 fully saturated rings. The number of carbonyl (C=O) groups is 1. The molecule has 1 saturated carbocycles. The van der Waals surface area contributed by atoms with Gasteiger partial charge in [0.2, 0.25) is 0 Å². The Balaban J connectivity index is 2.29. The molecule has 1 aliphatic rings. The summed E-state index contributed by atoms with van der Waals surface area (Å²) in [5, 5.41) is 0. The van der Waals surface area contributed by atoms with Crippen LogP contribution >= 0.6 is 0 Å². The Labute approximate surface area is 106 Å². The van der Waals surface area contributed by atoms with Gasteiger partial charge < -0.3 is 10.3 Å². The van der Waals surface area contributed by atoms with Crippen molar-refractivity contribution in [1.82, 2.24) is 4.90 Å². The number of anilines is 1. The molecule has 2 rings (SSSR count). The van der Waals surface area contributed by atoms with Crippen molar-refractivity contribution in [3.63, 3.8) is 0 Å². The molecule has 3 N–H and O–H groups in total. The SMILES string of the molecule is CCCN(C(=O)c1cccc(F)c1NN)C1CC1. The van der Waals surface area contributed by atoms with Crippen LogP contribution in [-0.4, -0.2) is 23.4 Å². The van der Waals surface area contributed by atoms with Crippen LogP contribution in [0.25, 0.3) is 0 Å². The molecule has 0 unspecified atom stereocenters. The standard InChI is InChI=1S/C13H18FN3O/c1-2-8-17(9-6-7-9)13(18)10-4-3-5-11(14)12(10)16-15/h3-5,9,16H,2,6-8,15H2,1H3. The van der Waals surface area contributed by atoms with Crippen LogP contribution < -0.4 is 11.3 Å². The molecular weight excluding hydrogens is 233 g/mol. The summed E-state index contributed by atoms with van der Waals surface area (Å²) in [6, 6.07) is 4.73. The Morgan fingerprint density at radius 3 is 2.83 bits per heavy atom. The van der Waals surface area contributed by atoms with E-state index in [2.05, 4.69) is 5.43 Å². The number of nitrogens with zero attached hydrogens (tertiary/aromatic N) is 1. The average Bonchev–Trinajstić information content (AvgIpc) is 3.19. The fourth-order valence-corrected chi connectivity index (χ4v) is 2.08. The van der Waals surface area contributed by atoms with Crippen molar-refractivity contribution < 1.29 is 9.18 Å². The number of benzene rings is 1. The van der Waals surface area contributed by atoms with Crippen molar-refractivity contribution in [2.45, 2.75) is 32.2 Å². The van der Waals surface area contributed by atoms with Gasteiger partial charge in [-0.3, -0.25) is 10.6 Å². The minimum atomic E-state index is -0.504. The molecule has 0 atom stereocenters. The van der Waals surface area contributed by atoms with Crippen molar-refractivity contribution in [2.24, 2.45) is 5.84 Å². The number of hydrogen-bond acceptors (Lipinski definition) is 3. The molecule has 0 heterocycles. The predicted molar refractivity (Wildman–Crippen MR) is 68.6 cm³/mol. The molecular formula is C13H18FN3O. The van der Waals surface area contributed by atoms with Crippen LogP contribution in [0.3, 0.4) is 0 Å². The van der Waals surface area contributed by atoms with Gasteiger partial charge in [0.1, 0.15) is 5.82 Å². The molecule has 1 aliphatic carbocycles. The molecule has 98 valence electrons. The smallest absolute Gasteiger partial charge is 0.256 e. The molecule has 0 bridgehead atoms. The minimum absolute atomic E-state index is 0.0734. The summed E-state index contributed by atoms with van der Waals surface area (Å²) < 4.78 is 13.6. The van der Waals surface area contributed by atoms with Gasteiger partial charge in [-0.25, -0.2) is 4.39 Å². The summed E-state index contributed by atoms with van der Waals surface area (Å²) in [5.41, 5.74) is 2.66. The number of rotatable bonds is 5. The molecule has 0 saturated heterocycles. The zero-order chi connectivity index (χ0) is 13.1. The molecule has 1 amide bonds. The van der Waals surface area contributed by atoms with Crippen molar-refractivity contribution in [2.75, 3.05) is 12.0 Å². The lowest BCUT2D eigenvalue weighted by molar-refractivity contribution is 0.0743. The van der Waals surface area contributed by atoms with E-state index in [0.717, 1.165) is 19.3 Å². The Kier molecular flexibility index (Phi) is 3.81. The van der Waals surface area contributed by atoms with E-state index in [-0.39, 0.29) is 11.6 Å². The number of amides is 1. The number of carbonyl (C=O) groups excluding carboxylic acids is 1. The fraction of sp³-hybridized carbons (Fsp3) is 0.462. The Morgan fingerprint density at radius 1 is 1.56 bits per heavy atom. The third kappa shape index (κ3) is 2.46. The van der Waals surface area contributed by atoms with Gasteiger partial charge >= 0.3 is 0 Å². The van der Waals surface area contributed by atoms with E-state index in [4.69, 9.17) is 5.84 Å². The van der Waals surface area contributed by atoms with Crippen molar-refractivity contribution >= 4 is 11.6 Å². The molecule has 4 nitrogen and oxygen atoms in total. The van der Waals surface area contributed by atoms with Gasteiger partial charge in [-0.05, 0) is 31.4 Å². The van der Waals surface area contributed by atoms with Crippen LogP contribution in [0.15, 0.2) is 18.2 Å². The summed E-state index contributed by atoms with van der Waals surface area (Å²) >= 11 is 0. The van der Waals surface area contributed by atoms with Crippen LogP contribution in [-0.2, 0) is 0 Å². The Morgan fingerprint density at radius 2 is 2.28 bits per heavy atom. The highest BCUT2D eigenvalue weighted by molar-refractivity contribution is 6.00. The molecule has 5 heteroatoms. The van der Waals surface area contributed by atoms with E-state index in [9.17, 15) is 9.18 Å². The van der Waals surface area contributed by atoms with Crippen LogP contribution in [0, 0.1) is 5.82 Å². The zero-order valence-electron chi connectivity index (χ0n) is 10.4. The van der Waals surface area contributed by atoms with Gasteiger partial charge in [-0.15, -0.1) is 0 Å². The number of para-hydroxylation sites is 1. The molecule has 1 aromatic carbocycles. The van der Waals surface area contributed by atoms with Gasteiger partial charge in [0.05, 0.1) is 11.3 Å². The second-order valence-corrected chi connectivity index (χ2v) is 4.54. The lowest BCUT2D eigenvalue weighted by Crippen LogP contribution is -2.34. The van der Waals surface area contributed by atoms with Gasteiger partial charge in [0.25, 0.3) is 5.91 Å². The number of hydrogen-bond donors (Lipinski definition) is 2. The van der Waals surface area contributed by atoms with Crippen LogP contribution in [0.2, 0.25) is 0 Å². The quantitative estimate of drug-likeness (QED) is 0.622. The van der Waals surface area contributed by atoms with E-state index < -0.39 is 5.82 Å². The molecule has 0 spiro atoms. The lowest BCUT2D eigenvalue weighted by atomic mass is 10.1. The Bertz CT molecular complexity index is 446. The highest BCUT2D eigenvalue weighted by Crippen LogP contribution is 2.30. The number of halogens is 1. The lowest BCUT2D eigenvalue weighted by Gasteiger charge is -2.23. The zero-order valence-corrected chi connectivity index (χ0v) is 10.4. The number of nitrogen functional groups attached to an aromatic ring is 1. The third-order valence-corrected chi connectivity index (χ3v) is 3.10. The predicted octanol–water partition coefficient (Wildman–Crippen LogP) is 2.13. The summed E-state index contributed by atoms with van der Waals surface area (Å²) in [6.07, 6.45) is 2.96. The molecule has 18 heavy (non-hydrogen) atoms. The van der Waals surface area contributed by atoms with E-state index in [0.29, 0.717) is 18.2 Å². The average molecular weight is 251 g/mol. The minimum Gasteiger partial charge on any atom is -0.336 e. The monoisotopic (exact) mass is 251 g/mol. The first-order valence-electron chi connectivity index (χ1n) is 6.25. The summed E-state index contributed by atoms with van der Waals surface area (Å²) in [4.78, 5) is 14.2. The van der Waals surface area contributed by atoms with E-state index in [1.54, 1.807) is 6.07 Å². The first-order valence-corrected chi connectivity index (χ1v) is 6.25. The number of hydrazine groups is 1. The van der Waals surface area contributed by atoms with E-state index in [1.807, 2.05) is 11.8 Å². The Hall–Kier alpha value is -1.62. The number of nitrogens with two attached hydrogens (primary N) is 1. The summed E-state index contributed by atoms with van der Waals surface area (Å²) in [6.45, 7) is 2.72. The topological polar surface area (TPSA) is 58.4 Å². The summed E-state index contributed by atoms with van der Waals surface area (Å²) in [5.74, 6) is 4.64. The molecule has 0 aromatic heterocycles. The highest BCUT2D eigenvalue weighted by atomic mass is 19.1. The van der Waals surface area contributed by atoms with Crippen LogP contribution in [0.1, 0.15) is 36.5 Å². The fourth-order valence-electron chi connectivity index (χ4n) is 2.08. The first kappa shape index (κ1) is 12.8. The van der Waals surface area contributed by atoms with Crippen molar-refractivity contribution in [3.8, 4) is 0 Å². The first-order chi connectivity index (χ1) is 8.69. The van der Waals surface area contributed by atoms with Crippen molar-refractivity contribution in [3.05, 3.63) is 29.6 Å². The maximum atomic E-state index is 13.6. The van der Waals surface area contributed by atoms with Crippen LogP contribution in [0.5, 0.6) is 0 Å².